The number of ether oxygens (including phenoxy) is 1. The third-order valence-corrected chi connectivity index (χ3v) is 8.09. The number of ketones is 2. The average molecular weight is 571 g/mol. The first-order valence-corrected chi connectivity index (χ1v) is 12.3. The van der Waals surface area contributed by atoms with E-state index in [1.165, 1.54) is 30.3 Å². The van der Waals surface area contributed by atoms with Crippen LogP contribution < -0.4 is 4.90 Å². The topological polar surface area (TPSA) is 80.8 Å². The molecule has 0 N–H and O–H groups in total. The maximum Gasteiger partial charge on any atom is 0.241 e. The highest BCUT2D eigenvalue weighted by Crippen LogP contribution is 2.58. The molecule has 6 rings (SSSR count). The largest absolute Gasteiger partial charge is 0.349 e. The summed E-state index contributed by atoms with van der Waals surface area (Å²) in [5.41, 5.74) is -0.986. The summed E-state index contributed by atoms with van der Waals surface area (Å²) >= 11 is 15.6. The van der Waals surface area contributed by atoms with E-state index in [0.29, 0.717) is 5.56 Å². The Balaban J connectivity index is 1.55. The lowest BCUT2D eigenvalue weighted by atomic mass is 9.77. The molecule has 9 heteroatoms. The zero-order valence-corrected chi connectivity index (χ0v) is 20.8. The quantitative estimate of drug-likeness (QED) is 0.302. The average Bonchev–Trinajstić information content (AvgIpc) is 3.41. The summed E-state index contributed by atoms with van der Waals surface area (Å²) in [7, 11) is 0. The van der Waals surface area contributed by atoms with Gasteiger partial charge in [0.05, 0.1) is 33.7 Å². The molecule has 0 bridgehead atoms. The number of fused-ring (bicyclic) bond motifs is 3. The van der Waals surface area contributed by atoms with E-state index in [2.05, 4.69) is 15.9 Å². The highest BCUT2D eigenvalue weighted by Gasteiger charge is 2.74. The number of Topliss-reactive ketones (excluding diaryl/α,β-unsaturated/α-hetero) is 2. The normalized spacial score (nSPS) is 24.4. The molecule has 2 amide bonds. The molecule has 1 aliphatic carbocycles. The number of hydrogen-bond acceptors (Lipinski definition) is 5. The van der Waals surface area contributed by atoms with Gasteiger partial charge in [-0.3, -0.25) is 19.2 Å². The van der Waals surface area contributed by atoms with Crippen molar-refractivity contribution in [3.63, 3.8) is 0 Å². The lowest BCUT2D eigenvalue weighted by Gasteiger charge is -2.27. The van der Waals surface area contributed by atoms with Crippen LogP contribution in [0.2, 0.25) is 10.0 Å². The Kier molecular flexibility index (Phi) is 5.06. The van der Waals surface area contributed by atoms with E-state index in [0.717, 1.165) is 9.37 Å². The van der Waals surface area contributed by atoms with Gasteiger partial charge >= 0.3 is 0 Å². The highest BCUT2D eigenvalue weighted by atomic mass is 79.9. The van der Waals surface area contributed by atoms with Gasteiger partial charge in [-0.05, 0) is 35.9 Å². The Hall–Kier alpha value is -2.84. The van der Waals surface area contributed by atoms with E-state index in [1.54, 1.807) is 36.4 Å². The zero-order chi connectivity index (χ0) is 24.6. The number of rotatable bonds is 2. The van der Waals surface area contributed by atoms with E-state index in [4.69, 9.17) is 27.9 Å². The van der Waals surface area contributed by atoms with Crippen molar-refractivity contribution in [3.05, 3.63) is 97.9 Å². The predicted octanol–water partition coefficient (Wildman–Crippen LogP) is 5.45. The third kappa shape index (κ3) is 2.99. The minimum atomic E-state index is -2.13. The number of imide groups is 1. The van der Waals surface area contributed by atoms with Gasteiger partial charge in [0.1, 0.15) is 0 Å². The van der Waals surface area contributed by atoms with Crippen molar-refractivity contribution in [3.8, 4) is 0 Å². The fraction of sp³-hybridized carbons (Fsp3) is 0.154. The summed E-state index contributed by atoms with van der Waals surface area (Å²) in [4.78, 5) is 56.1. The minimum absolute atomic E-state index is 0.164. The first-order chi connectivity index (χ1) is 16.8. The number of amides is 2. The van der Waals surface area contributed by atoms with Crippen LogP contribution in [0.25, 0.3) is 0 Å². The van der Waals surface area contributed by atoms with Gasteiger partial charge in [0.25, 0.3) is 0 Å². The lowest BCUT2D eigenvalue weighted by Crippen LogP contribution is -2.51. The molecule has 2 aliphatic heterocycles. The first-order valence-electron chi connectivity index (χ1n) is 10.7. The number of carbonyl (C=O) groups is 4. The van der Waals surface area contributed by atoms with E-state index in [1.807, 2.05) is 0 Å². The molecule has 0 radical (unpaired) electrons. The minimum Gasteiger partial charge on any atom is -0.349 e. The maximum atomic E-state index is 13.9. The van der Waals surface area contributed by atoms with Gasteiger partial charge in [0, 0.05) is 15.6 Å². The Bertz CT molecular complexity index is 1450. The van der Waals surface area contributed by atoms with E-state index in [-0.39, 0.29) is 26.9 Å². The molecule has 35 heavy (non-hydrogen) atoms. The van der Waals surface area contributed by atoms with Crippen LogP contribution in [0.1, 0.15) is 32.4 Å². The molecular weight excluding hydrogens is 557 g/mol. The molecule has 0 aromatic heterocycles. The van der Waals surface area contributed by atoms with Crippen molar-refractivity contribution in [1.82, 2.24) is 0 Å². The Morgan fingerprint density at radius 2 is 1.49 bits per heavy atom. The predicted molar refractivity (Wildman–Crippen MR) is 132 cm³/mol. The van der Waals surface area contributed by atoms with Crippen LogP contribution in [0.15, 0.2) is 71.2 Å². The van der Waals surface area contributed by atoms with Crippen LogP contribution in [-0.4, -0.2) is 29.0 Å². The molecule has 3 aromatic carbocycles. The lowest BCUT2D eigenvalue weighted by molar-refractivity contribution is -0.127. The van der Waals surface area contributed by atoms with Gasteiger partial charge in [-0.1, -0.05) is 75.5 Å². The molecule has 3 aromatic rings. The monoisotopic (exact) mass is 569 g/mol. The molecule has 2 saturated heterocycles. The van der Waals surface area contributed by atoms with E-state index < -0.39 is 46.9 Å². The molecule has 1 spiro atoms. The van der Waals surface area contributed by atoms with Gasteiger partial charge in [0.15, 0.2) is 0 Å². The summed E-state index contributed by atoms with van der Waals surface area (Å²) < 4.78 is 6.98. The highest BCUT2D eigenvalue weighted by molar-refractivity contribution is 9.10. The SMILES string of the molecule is O=C1C2C(c3cccc(Br)c3)OC3(C(=O)c4ccccc4C3=O)C2C(=O)N1c1ccc(Cl)c(Cl)c1. The van der Waals surface area contributed by atoms with Crippen LogP contribution in [0.4, 0.5) is 5.69 Å². The van der Waals surface area contributed by atoms with Gasteiger partial charge < -0.3 is 4.74 Å². The fourth-order valence-electron chi connectivity index (χ4n) is 5.38. The van der Waals surface area contributed by atoms with Gasteiger partial charge in [-0.2, -0.15) is 0 Å². The maximum absolute atomic E-state index is 13.9. The van der Waals surface area contributed by atoms with Crippen molar-refractivity contribution in [1.29, 1.82) is 0 Å². The van der Waals surface area contributed by atoms with Crippen LogP contribution in [0, 0.1) is 11.8 Å². The van der Waals surface area contributed by atoms with Crippen LogP contribution in [-0.2, 0) is 14.3 Å². The number of halogens is 3. The van der Waals surface area contributed by atoms with Crippen molar-refractivity contribution in [2.45, 2.75) is 11.7 Å². The Labute approximate surface area is 217 Å². The number of anilines is 1. The molecule has 2 heterocycles. The molecule has 2 fully saturated rings. The molecular formula is C26H14BrCl2NO5. The van der Waals surface area contributed by atoms with Gasteiger partial charge in [-0.15, -0.1) is 0 Å². The molecule has 3 unspecified atom stereocenters. The van der Waals surface area contributed by atoms with Crippen LogP contribution >= 0.6 is 39.1 Å². The van der Waals surface area contributed by atoms with Crippen molar-refractivity contribution in [2.24, 2.45) is 11.8 Å². The van der Waals surface area contributed by atoms with E-state index in [9.17, 15) is 19.2 Å². The Morgan fingerprint density at radius 1 is 0.800 bits per heavy atom. The van der Waals surface area contributed by atoms with Gasteiger partial charge in [0.2, 0.25) is 29.0 Å². The summed E-state index contributed by atoms with van der Waals surface area (Å²) in [6.07, 6.45) is -0.996. The van der Waals surface area contributed by atoms with Crippen molar-refractivity contribution < 1.29 is 23.9 Å². The third-order valence-electron chi connectivity index (χ3n) is 6.86. The number of hydrogen-bond donors (Lipinski definition) is 0. The molecule has 174 valence electrons. The summed E-state index contributed by atoms with van der Waals surface area (Å²) in [5, 5.41) is 0.426. The second-order valence-electron chi connectivity index (χ2n) is 8.65. The summed E-state index contributed by atoms with van der Waals surface area (Å²) in [6.45, 7) is 0. The van der Waals surface area contributed by atoms with Crippen LogP contribution in [0.3, 0.4) is 0 Å². The smallest absolute Gasteiger partial charge is 0.241 e. The number of nitrogens with zero attached hydrogens (tertiary/aromatic N) is 1. The van der Waals surface area contributed by atoms with Crippen molar-refractivity contribution >= 4 is 68.2 Å². The molecule has 0 saturated carbocycles. The van der Waals surface area contributed by atoms with E-state index >= 15 is 0 Å². The standard InChI is InChI=1S/C26H14BrCl2NO5/c27-13-5-3-4-12(10-13)21-19-20(25(34)30(24(19)33)14-8-9-17(28)18(29)11-14)26(35-21)22(31)15-6-1-2-7-16(15)23(26)32/h1-11,19-21H. The summed E-state index contributed by atoms with van der Waals surface area (Å²) in [6, 6.07) is 17.8. The number of benzene rings is 3. The molecule has 6 nitrogen and oxygen atoms in total. The van der Waals surface area contributed by atoms with Crippen LogP contribution in [0.5, 0.6) is 0 Å². The Morgan fingerprint density at radius 3 is 2.11 bits per heavy atom. The summed E-state index contributed by atoms with van der Waals surface area (Å²) in [5.74, 6) is -4.90. The molecule has 3 aliphatic rings. The zero-order valence-electron chi connectivity index (χ0n) is 17.7. The fourth-order valence-corrected chi connectivity index (χ4v) is 6.09. The second kappa shape index (κ2) is 7.83. The van der Waals surface area contributed by atoms with Crippen molar-refractivity contribution in [2.75, 3.05) is 4.90 Å². The molecule has 3 atom stereocenters. The first kappa shape index (κ1) is 22.6. The number of carbonyl (C=O) groups excluding carboxylic acids is 4. The van der Waals surface area contributed by atoms with Gasteiger partial charge in [-0.25, -0.2) is 4.90 Å². The second-order valence-corrected chi connectivity index (χ2v) is 10.4.